The molecule has 3 heterocycles. The van der Waals surface area contributed by atoms with Gasteiger partial charge in [-0.15, -0.1) is 11.3 Å². The summed E-state index contributed by atoms with van der Waals surface area (Å²) in [5.74, 6) is 0. The van der Waals surface area contributed by atoms with Gasteiger partial charge < -0.3 is 14.8 Å². The molecule has 2 aliphatic rings. The van der Waals surface area contributed by atoms with Crippen LogP contribution in [-0.4, -0.2) is 15.5 Å². The summed E-state index contributed by atoms with van der Waals surface area (Å²) in [7, 11) is 0. The Morgan fingerprint density at radius 2 is 1.90 bits per heavy atom. The number of carbonyl (C=O) groups excluding carboxylic acids is 1. The number of benzene rings is 1. The third-order valence-electron chi connectivity index (χ3n) is 6.43. The van der Waals surface area contributed by atoms with E-state index in [1.807, 2.05) is 23.5 Å². The lowest BCUT2D eigenvalue weighted by Gasteiger charge is -2.30. The van der Waals surface area contributed by atoms with E-state index < -0.39 is 0 Å². The van der Waals surface area contributed by atoms with Crippen molar-refractivity contribution < 1.29 is 4.79 Å². The number of rotatable bonds is 2. The second kappa shape index (κ2) is 7.62. The van der Waals surface area contributed by atoms with Gasteiger partial charge in [-0.05, 0) is 86.9 Å². The maximum Gasteiger partial charge on any atom is 0.322 e. The lowest BCUT2D eigenvalue weighted by atomic mass is 9.95. The van der Waals surface area contributed by atoms with Gasteiger partial charge in [-0.3, -0.25) is 0 Å². The molecule has 0 saturated carbocycles. The fraction of sp³-hybridized carbons (Fsp3) is 0.400. The van der Waals surface area contributed by atoms with Gasteiger partial charge in [0.25, 0.3) is 0 Å². The van der Waals surface area contributed by atoms with E-state index in [0.717, 1.165) is 29.7 Å². The van der Waals surface area contributed by atoms with Gasteiger partial charge in [-0.2, -0.15) is 0 Å². The molecule has 1 aromatic carbocycles. The maximum absolute atomic E-state index is 13.6. The molecule has 5 rings (SSSR count). The second-order valence-corrected chi connectivity index (χ2v) is 9.74. The number of anilines is 1. The normalized spacial score (nSPS) is 17.7. The third kappa shape index (κ3) is 3.25. The molecule has 1 aliphatic carbocycles. The molecule has 30 heavy (non-hydrogen) atoms. The van der Waals surface area contributed by atoms with E-state index >= 15 is 0 Å². The van der Waals surface area contributed by atoms with Gasteiger partial charge in [0, 0.05) is 28.0 Å². The van der Waals surface area contributed by atoms with Crippen LogP contribution in [0.5, 0.6) is 0 Å². The summed E-state index contributed by atoms with van der Waals surface area (Å²) in [5.41, 5.74) is 7.28. The largest absolute Gasteiger partial charge is 0.322 e. The molecule has 4 nitrogen and oxygen atoms in total. The highest BCUT2D eigenvalue weighted by atomic mass is 32.1. The highest BCUT2D eigenvalue weighted by Gasteiger charge is 2.34. The number of aromatic nitrogens is 1. The van der Waals surface area contributed by atoms with E-state index in [-0.39, 0.29) is 12.1 Å². The summed E-state index contributed by atoms with van der Waals surface area (Å²) in [6, 6.07) is 10.6. The smallest absolute Gasteiger partial charge is 0.312 e. The number of thiophene rings is 1. The average molecular weight is 420 g/mol. The van der Waals surface area contributed by atoms with Crippen LogP contribution in [0.4, 0.5) is 10.5 Å². The molecule has 1 N–H and O–H groups in total. The summed E-state index contributed by atoms with van der Waals surface area (Å²) in [4.78, 5) is 17.1. The first-order valence-corrected chi connectivity index (χ1v) is 11.8. The molecule has 0 unspecified atom stereocenters. The number of fused-ring (bicyclic) bond motifs is 5. The van der Waals surface area contributed by atoms with Gasteiger partial charge in [0.15, 0.2) is 0 Å². The molecule has 0 bridgehead atoms. The Hall–Kier alpha value is -2.53. The summed E-state index contributed by atoms with van der Waals surface area (Å²) in [6.45, 7) is 6.99. The van der Waals surface area contributed by atoms with Crippen molar-refractivity contribution in [2.24, 2.45) is 0 Å². The number of hydrogen-bond donors (Lipinski definition) is 1. The summed E-state index contributed by atoms with van der Waals surface area (Å²) < 4.78 is 2.34. The lowest BCUT2D eigenvalue weighted by molar-refractivity contribution is 0.181. The van der Waals surface area contributed by atoms with E-state index in [1.54, 1.807) is 0 Å². The number of nitrogens with one attached hydrogen (secondary N) is 1. The number of amides is 2. The van der Waals surface area contributed by atoms with Crippen LogP contribution in [0.25, 0.3) is 5.00 Å². The van der Waals surface area contributed by atoms with Gasteiger partial charge in [-0.25, -0.2) is 4.79 Å². The molecular weight excluding hydrogens is 390 g/mol. The minimum atomic E-state index is -0.0109. The highest BCUT2D eigenvalue weighted by Crippen LogP contribution is 2.43. The van der Waals surface area contributed by atoms with E-state index in [9.17, 15) is 4.79 Å². The van der Waals surface area contributed by atoms with Crippen molar-refractivity contribution in [1.29, 1.82) is 0 Å². The molecular formula is C25H29N3OS. The van der Waals surface area contributed by atoms with Gasteiger partial charge in [-0.1, -0.05) is 13.0 Å². The minimum Gasteiger partial charge on any atom is -0.312 e. The van der Waals surface area contributed by atoms with Crippen LogP contribution in [0, 0.1) is 13.8 Å². The molecule has 2 amide bonds. The quantitative estimate of drug-likeness (QED) is 0.503. The molecule has 1 aliphatic heterocycles. The van der Waals surface area contributed by atoms with Crippen molar-refractivity contribution in [1.82, 2.24) is 9.47 Å². The van der Waals surface area contributed by atoms with Crippen molar-refractivity contribution in [2.75, 3.05) is 5.32 Å². The summed E-state index contributed by atoms with van der Waals surface area (Å²) in [6.07, 6.45) is 7.91. The molecule has 0 fully saturated rings. The van der Waals surface area contributed by atoms with Gasteiger partial charge in [0.1, 0.15) is 5.00 Å². The van der Waals surface area contributed by atoms with Crippen molar-refractivity contribution in [3.8, 4) is 5.00 Å². The fourth-order valence-electron chi connectivity index (χ4n) is 5.15. The summed E-state index contributed by atoms with van der Waals surface area (Å²) in [5, 5.41) is 4.51. The SMILES string of the molecule is CC[C@@H]1c2cccn2-c2sc3c(c2CN1C(=O)Nc1cc(C)cc(C)c1)CCCC3. The van der Waals surface area contributed by atoms with Crippen LogP contribution < -0.4 is 5.32 Å². The van der Waals surface area contributed by atoms with Crippen molar-refractivity contribution in [3.05, 3.63) is 69.4 Å². The van der Waals surface area contributed by atoms with Crippen LogP contribution in [0.2, 0.25) is 0 Å². The Labute approximate surface area is 182 Å². The minimum absolute atomic E-state index is 0.0109. The monoisotopic (exact) mass is 419 g/mol. The molecule has 156 valence electrons. The molecule has 0 radical (unpaired) electrons. The van der Waals surface area contributed by atoms with E-state index in [0.29, 0.717) is 6.54 Å². The number of nitrogens with zero attached hydrogens (tertiary/aromatic N) is 2. The Balaban J connectivity index is 1.56. The standard InChI is InChI=1S/C25H29N3OS/c1-4-21-22-9-7-11-27(22)24-20(19-8-5-6-10-23(19)30-24)15-28(21)25(29)26-18-13-16(2)12-17(3)14-18/h7,9,11-14,21H,4-6,8,10,15H2,1-3H3,(H,26,29)/t21-/m1/s1. The van der Waals surface area contributed by atoms with Gasteiger partial charge in [0.2, 0.25) is 0 Å². The Bertz CT molecular complexity index is 1090. The molecule has 3 aromatic rings. The molecule has 2 aromatic heterocycles. The van der Waals surface area contributed by atoms with Crippen molar-refractivity contribution >= 4 is 23.1 Å². The molecule has 0 saturated heterocycles. The third-order valence-corrected chi connectivity index (χ3v) is 7.76. The fourth-order valence-corrected chi connectivity index (χ4v) is 6.55. The Kier molecular flexibility index (Phi) is 4.94. The van der Waals surface area contributed by atoms with Gasteiger partial charge in [0.05, 0.1) is 12.6 Å². The predicted octanol–water partition coefficient (Wildman–Crippen LogP) is 6.53. The predicted molar refractivity (Wildman–Crippen MR) is 124 cm³/mol. The van der Waals surface area contributed by atoms with E-state index in [1.165, 1.54) is 46.0 Å². The zero-order valence-corrected chi connectivity index (χ0v) is 18.8. The van der Waals surface area contributed by atoms with E-state index in [2.05, 4.69) is 60.0 Å². The first-order chi connectivity index (χ1) is 14.5. The maximum atomic E-state index is 13.6. The number of carbonyl (C=O) groups is 1. The lowest BCUT2D eigenvalue weighted by Crippen LogP contribution is -2.37. The Morgan fingerprint density at radius 1 is 1.13 bits per heavy atom. The van der Waals surface area contributed by atoms with E-state index in [4.69, 9.17) is 0 Å². The number of hydrogen-bond acceptors (Lipinski definition) is 2. The zero-order valence-electron chi connectivity index (χ0n) is 18.0. The summed E-state index contributed by atoms with van der Waals surface area (Å²) >= 11 is 1.94. The van der Waals surface area contributed by atoms with Crippen molar-refractivity contribution in [2.45, 2.75) is 65.5 Å². The zero-order chi connectivity index (χ0) is 20.8. The first kappa shape index (κ1) is 19.4. The van der Waals surface area contributed by atoms with Crippen molar-refractivity contribution in [3.63, 3.8) is 0 Å². The second-order valence-electron chi connectivity index (χ2n) is 8.66. The van der Waals surface area contributed by atoms with Crippen LogP contribution in [0.1, 0.15) is 65.1 Å². The topological polar surface area (TPSA) is 37.3 Å². The van der Waals surface area contributed by atoms with Crippen LogP contribution in [-0.2, 0) is 19.4 Å². The average Bonchev–Trinajstić information content (AvgIpc) is 3.29. The van der Waals surface area contributed by atoms with Gasteiger partial charge >= 0.3 is 6.03 Å². The number of aryl methyl sites for hydroxylation is 3. The van der Waals surface area contributed by atoms with Crippen LogP contribution in [0.3, 0.4) is 0 Å². The highest BCUT2D eigenvalue weighted by molar-refractivity contribution is 7.15. The molecule has 1 atom stereocenters. The Morgan fingerprint density at radius 3 is 2.67 bits per heavy atom. The number of urea groups is 1. The first-order valence-electron chi connectivity index (χ1n) is 11.0. The molecule has 0 spiro atoms. The van der Waals surface area contributed by atoms with Crippen LogP contribution >= 0.6 is 11.3 Å². The molecule has 5 heteroatoms. The van der Waals surface area contributed by atoms with Crippen LogP contribution in [0.15, 0.2) is 36.5 Å².